The van der Waals surface area contributed by atoms with Gasteiger partial charge in [0.05, 0.1) is 13.2 Å². The smallest absolute Gasteiger partial charge is 0.247 e. The van der Waals surface area contributed by atoms with Crippen LogP contribution in [0.25, 0.3) is 0 Å². The maximum atomic E-state index is 12.7. The molecular weight excluding hydrogens is 318 g/mol. The Morgan fingerprint density at radius 2 is 1.76 bits per heavy atom. The molecule has 0 aromatic heterocycles. The molecule has 0 spiro atoms. The van der Waals surface area contributed by atoms with Gasteiger partial charge in [-0.2, -0.15) is 0 Å². The Morgan fingerprint density at radius 3 is 2.36 bits per heavy atom. The molecule has 0 bridgehead atoms. The number of carbonyl (C=O) groups is 2. The lowest BCUT2D eigenvalue weighted by atomic mass is 9.97. The fourth-order valence-corrected chi connectivity index (χ4v) is 3.70. The van der Waals surface area contributed by atoms with E-state index in [-0.39, 0.29) is 17.7 Å². The zero-order chi connectivity index (χ0) is 17.6. The van der Waals surface area contributed by atoms with Gasteiger partial charge in [-0.05, 0) is 43.0 Å². The van der Waals surface area contributed by atoms with Gasteiger partial charge < -0.3 is 20.3 Å². The van der Waals surface area contributed by atoms with E-state index in [4.69, 9.17) is 4.74 Å². The van der Waals surface area contributed by atoms with E-state index >= 15 is 0 Å². The predicted octanol–water partition coefficient (Wildman–Crippen LogP) is 2.16. The van der Waals surface area contributed by atoms with Crippen LogP contribution in [0.2, 0.25) is 0 Å². The van der Waals surface area contributed by atoms with Crippen molar-refractivity contribution in [2.75, 3.05) is 36.5 Å². The normalized spacial score (nSPS) is 19.5. The third-order valence-electron chi connectivity index (χ3n) is 5.02. The van der Waals surface area contributed by atoms with Crippen LogP contribution in [-0.4, -0.2) is 44.2 Å². The Labute approximate surface area is 148 Å². The second-order valence-corrected chi connectivity index (χ2v) is 6.86. The molecule has 1 saturated heterocycles. The van der Waals surface area contributed by atoms with Gasteiger partial charge in [0.2, 0.25) is 11.8 Å². The van der Waals surface area contributed by atoms with E-state index in [0.29, 0.717) is 0 Å². The van der Waals surface area contributed by atoms with Crippen LogP contribution < -0.4 is 15.5 Å². The summed E-state index contributed by atoms with van der Waals surface area (Å²) in [5, 5.41) is 5.79. The monoisotopic (exact) mass is 345 g/mol. The molecule has 1 unspecified atom stereocenters. The van der Waals surface area contributed by atoms with Crippen LogP contribution in [0.15, 0.2) is 24.3 Å². The molecule has 3 rings (SSSR count). The Balaban J connectivity index is 1.62. The molecule has 2 amide bonds. The number of nitrogens with zero attached hydrogens (tertiary/aromatic N) is 1. The summed E-state index contributed by atoms with van der Waals surface area (Å²) in [6.45, 7) is 4.74. The first-order valence-corrected chi connectivity index (χ1v) is 9.14. The number of morpholine rings is 1. The van der Waals surface area contributed by atoms with Gasteiger partial charge in [0.25, 0.3) is 0 Å². The lowest BCUT2D eigenvalue weighted by Gasteiger charge is -2.29. The fourth-order valence-electron chi connectivity index (χ4n) is 3.70. The van der Waals surface area contributed by atoms with Crippen LogP contribution in [-0.2, 0) is 14.3 Å². The summed E-state index contributed by atoms with van der Waals surface area (Å²) in [6, 6.07) is 7.43. The molecule has 25 heavy (non-hydrogen) atoms. The highest BCUT2D eigenvalue weighted by molar-refractivity contribution is 5.97. The van der Waals surface area contributed by atoms with E-state index in [9.17, 15) is 9.59 Å². The van der Waals surface area contributed by atoms with E-state index in [1.807, 2.05) is 24.3 Å². The minimum absolute atomic E-state index is 0.124. The Kier molecular flexibility index (Phi) is 5.91. The first-order valence-electron chi connectivity index (χ1n) is 9.14. The molecule has 1 aromatic rings. The SMILES string of the molecule is CC(=O)NC(C(=O)Nc1ccc(N2CCOCC2)cc1)C1CCCC1. The van der Waals surface area contributed by atoms with Crippen molar-refractivity contribution in [1.82, 2.24) is 5.32 Å². The van der Waals surface area contributed by atoms with Gasteiger partial charge in [-0.25, -0.2) is 0 Å². The van der Waals surface area contributed by atoms with E-state index in [2.05, 4.69) is 15.5 Å². The molecule has 1 heterocycles. The molecule has 6 nitrogen and oxygen atoms in total. The number of benzene rings is 1. The molecule has 1 aliphatic carbocycles. The summed E-state index contributed by atoms with van der Waals surface area (Å²) in [5.74, 6) is -0.0486. The zero-order valence-corrected chi connectivity index (χ0v) is 14.8. The van der Waals surface area contributed by atoms with Crippen molar-refractivity contribution in [2.45, 2.75) is 38.6 Å². The maximum Gasteiger partial charge on any atom is 0.247 e. The number of ether oxygens (including phenoxy) is 1. The van der Waals surface area contributed by atoms with Crippen molar-refractivity contribution in [1.29, 1.82) is 0 Å². The maximum absolute atomic E-state index is 12.7. The molecule has 1 saturated carbocycles. The molecule has 2 fully saturated rings. The summed E-state index contributed by atoms with van der Waals surface area (Å²) in [4.78, 5) is 26.4. The molecule has 136 valence electrons. The highest BCUT2D eigenvalue weighted by atomic mass is 16.5. The number of carbonyl (C=O) groups excluding carboxylic acids is 2. The molecular formula is C19H27N3O3. The second kappa shape index (κ2) is 8.34. The summed E-state index contributed by atoms with van der Waals surface area (Å²) in [6.07, 6.45) is 4.24. The van der Waals surface area contributed by atoms with Gasteiger partial charge in [0, 0.05) is 31.4 Å². The second-order valence-electron chi connectivity index (χ2n) is 6.86. The molecule has 2 N–H and O–H groups in total. The fraction of sp³-hybridized carbons (Fsp3) is 0.579. The third kappa shape index (κ3) is 4.72. The molecule has 2 aliphatic rings. The van der Waals surface area contributed by atoms with Crippen LogP contribution >= 0.6 is 0 Å². The van der Waals surface area contributed by atoms with Gasteiger partial charge in [-0.15, -0.1) is 0 Å². The van der Waals surface area contributed by atoms with Crippen molar-refractivity contribution in [3.8, 4) is 0 Å². The lowest BCUT2D eigenvalue weighted by molar-refractivity contribution is -0.126. The van der Waals surface area contributed by atoms with Crippen LogP contribution in [0.5, 0.6) is 0 Å². The number of hydrogen-bond acceptors (Lipinski definition) is 4. The van der Waals surface area contributed by atoms with Gasteiger partial charge in [-0.3, -0.25) is 9.59 Å². The van der Waals surface area contributed by atoms with Crippen molar-refractivity contribution in [3.05, 3.63) is 24.3 Å². The topological polar surface area (TPSA) is 70.7 Å². The molecule has 6 heteroatoms. The number of hydrogen-bond donors (Lipinski definition) is 2. The molecule has 0 radical (unpaired) electrons. The van der Waals surface area contributed by atoms with E-state index in [0.717, 1.165) is 63.4 Å². The Morgan fingerprint density at radius 1 is 1.12 bits per heavy atom. The number of rotatable bonds is 5. The van der Waals surface area contributed by atoms with E-state index < -0.39 is 6.04 Å². The minimum Gasteiger partial charge on any atom is -0.378 e. The van der Waals surface area contributed by atoms with E-state index in [1.54, 1.807) is 0 Å². The standard InChI is InChI=1S/C19H27N3O3/c1-14(23)20-18(15-4-2-3-5-15)19(24)21-16-6-8-17(9-7-16)22-10-12-25-13-11-22/h6-9,15,18H,2-5,10-13H2,1H3,(H,20,23)(H,21,24). The molecule has 1 aromatic carbocycles. The Bertz CT molecular complexity index is 590. The van der Waals surface area contributed by atoms with Crippen LogP contribution in [0.3, 0.4) is 0 Å². The number of amides is 2. The van der Waals surface area contributed by atoms with E-state index in [1.165, 1.54) is 6.92 Å². The largest absolute Gasteiger partial charge is 0.378 e. The Hall–Kier alpha value is -2.08. The van der Waals surface area contributed by atoms with Crippen molar-refractivity contribution < 1.29 is 14.3 Å². The minimum atomic E-state index is -0.445. The van der Waals surface area contributed by atoms with Crippen molar-refractivity contribution in [2.24, 2.45) is 5.92 Å². The average Bonchev–Trinajstić information content (AvgIpc) is 3.15. The van der Waals surface area contributed by atoms with Crippen LogP contribution in [0, 0.1) is 5.92 Å². The highest BCUT2D eigenvalue weighted by Crippen LogP contribution is 2.28. The molecule has 1 aliphatic heterocycles. The van der Waals surface area contributed by atoms with Gasteiger partial charge >= 0.3 is 0 Å². The van der Waals surface area contributed by atoms with Crippen molar-refractivity contribution in [3.63, 3.8) is 0 Å². The summed E-state index contributed by atoms with van der Waals surface area (Å²) in [7, 11) is 0. The first-order chi connectivity index (χ1) is 12.1. The van der Waals surface area contributed by atoms with Crippen LogP contribution in [0.1, 0.15) is 32.6 Å². The van der Waals surface area contributed by atoms with Crippen molar-refractivity contribution >= 4 is 23.2 Å². The van der Waals surface area contributed by atoms with Crippen LogP contribution in [0.4, 0.5) is 11.4 Å². The predicted molar refractivity (Wildman–Crippen MR) is 97.7 cm³/mol. The first kappa shape index (κ1) is 17.7. The van der Waals surface area contributed by atoms with Gasteiger partial charge in [-0.1, -0.05) is 12.8 Å². The summed E-state index contributed by atoms with van der Waals surface area (Å²) in [5.41, 5.74) is 1.89. The number of anilines is 2. The average molecular weight is 345 g/mol. The zero-order valence-electron chi connectivity index (χ0n) is 14.8. The lowest BCUT2D eigenvalue weighted by Crippen LogP contribution is -2.47. The van der Waals surface area contributed by atoms with Gasteiger partial charge in [0.1, 0.15) is 6.04 Å². The number of nitrogens with one attached hydrogen (secondary N) is 2. The van der Waals surface area contributed by atoms with Gasteiger partial charge in [0.15, 0.2) is 0 Å². The molecule has 1 atom stereocenters. The summed E-state index contributed by atoms with van der Waals surface area (Å²) < 4.78 is 5.37. The highest BCUT2D eigenvalue weighted by Gasteiger charge is 2.31. The quantitative estimate of drug-likeness (QED) is 0.858. The summed E-state index contributed by atoms with van der Waals surface area (Å²) >= 11 is 0. The third-order valence-corrected chi connectivity index (χ3v) is 5.02.